The van der Waals surface area contributed by atoms with Gasteiger partial charge in [-0.1, -0.05) is 0 Å². The molecule has 0 heterocycles. The van der Waals surface area contributed by atoms with Gasteiger partial charge in [0.05, 0.1) is 0 Å². The summed E-state index contributed by atoms with van der Waals surface area (Å²) in [5.41, 5.74) is 0. The standard InChI is InChI=1S/C2H5O3P.Fe/c1-2-5-6(3)4;/h2H2,1H3;/p+1. The first kappa shape index (κ1) is 10.5. The van der Waals surface area contributed by atoms with Gasteiger partial charge in [0.15, 0.2) is 0 Å². The van der Waals surface area contributed by atoms with Gasteiger partial charge >= 0.3 is 8.25 Å². The van der Waals surface area contributed by atoms with Crippen LogP contribution in [0.25, 0.3) is 0 Å². The molecule has 0 amide bonds. The van der Waals surface area contributed by atoms with Crippen LogP contribution >= 0.6 is 8.25 Å². The average molecular weight is 165 g/mol. The van der Waals surface area contributed by atoms with Crippen molar-refractivity contribution in [2.75, 3.05) is 6.61 Å². The Morgan fingerprint density at radius 3 is 2.29 bits per heavy atom. The van der Waals surface area contributed by atoms with E-state index in [1.165, 1.54) is 0 Å². The molecule has 0 aromatic rings. The van der Waals surface area contributed by atoms with Crippen molar-refractivity contribution in [2.24, 2.45) is 0 Å². The molecule has 1 unspecified atom stereocenters. The summed E-state index contributed by atoms with van der Waals surface area (Å²) in [6.07, 6.45) is 0. The molecule has 1 N–H and O–H groups in total. The van der Waals surface area contributed by atoms with Crippen LogP contribution in [0.5, 0.6) is 0 Å². The molecule has 0 rings (SSSR count). The first-order valence-corrected chi connectivity index (χ1v) is 2.69. The van der Waals surface area contributed by atoms with Gasteiger partial charge in [-0.3, -0.25) is 0 Å². The number of hydrogen-bond donors (Lipinski definition) is 1. The van der Waals surface area contributed by atoms with Crippen LogP contribution in [0.4, 0.5) is 0 Å². The molecule has 0 bridgehead atoms. The monoisotopic (exact) mass is 165 g/mol. The first-order valence-electron chi connectivity index (χ1n) is 1.56. The van der Waals surface area contributed by atoms with Gasteiger partial charge in [0, 0.05) is 21.6 Å². The zero-order valence-corrected chi connectivity index (χ0v) is 5.77. The maximum Gasteiger partial charge on any atom is 0.694 e. The second kappa shape index (κ2) is 6.54. The minimum Gasteiger partial charge on any atom is -0.133 e. The Hall–Kier alpha value is 0.539. The summed E-state index contributed by atoms with van der Waals surface area (Å²) >= 11 is 0. The van der Waals surface area contributed by atoms with E-state index in [1.807, 2.05) is 0 Å². The van der Waals surface area contributed by atoms with E-state index >= 15 is 0 Å². The van der Waals surface area contributed by atoms with Gasteiger partial charge in [-0.2, -0.15) is 0 Å². The summed E-state index contributed by atoms with van der Waals surface area (Å²) in [5.74, 6) is 0. The molecule has 5 heteroatoms. The molecule has 0 aliphatic heterocycles. The summed E-state index contributed by atoms with van der Waals surface area (Å²) < 4.78 is 13.6. The number of rotatable bonds is 2. The topological polar surface area (TPSA) is 46.5 Å². The van der Waals surface area contributed by atoms with Crippen molar-refractivity contribution in [3.63, 3.8) is 0 Å². The fraction of sp³-hybridized carbons (Fsp3) is 1.00. The smallest absolute Gasteiger partial charge is 0.133 e. The molecule has 1 atom stereocenters. The summed E-state index contributed by atoms with van der Waals surface area (Å²) in [7, 11) is -2.35. The van der Waals surface area contributed by atoms with Crippen molar-refractivity contribution in [3.8, 4) is 0 Å². The molecule has 0 radical (unpaired) electrons. The summed E-state index contributed by atoms with van der Waals surface area (Å²) in [4.78, 5) is 7.84. The van der Waals surface area contributed by atoms with E-state index in [4.69, 9.17) is 4.89 Å². The van der Waals surface area contributed by atoms with Crippen LogP contribution in [0.3, 0.4) is 0 Å². The van der Waals surface area contributed by atoms with Crippen molar-refractivity contribution in [2.45, 2.75) is 6.92 Å². The Bertz CT molecular complexity index is 56.9. The van der Waals surface area contributed by atoms with E-state index in [2.05, 4.69) is 4.52 Å². The first-order chi connectivity index (χ1) is 2.77. The zero-order chi connectivity index (χ0) is 4.99. The van der Waals surface area contributed by atoms with Crippen LogP contribution in [0.15, 0.2) is 0 Å². The predicted octanol–water partition coefficient (Wildman–Crippen LogP) is 0.670. The van der Waals surface area contributed by atoms with Crippen LogP contribution < -0.4 is 0 Å². The molecule has 0 fully saturated rings. The van der Waals surface area contributed by atoms with Gasteiger partial charge in [0.25, 0.3) is 0 Å². The third-order valence-corrected chi connectivity index (χ3v) is 0.719. The normalized spacial score (nSPS) is 9.71. The van der Waals surface area contributed by atoms with Crippen molar-refractivity contribution in [3.05, 3.63) is 0 Å². The maximum atomic E-state index is 9.53. The van der Waals surface area contributed by atoms with Crippen LogP contribution in [0, 0.1) is 0 Å². The van der Waals surface area contributed by atoms with E-state index in [0.717, 1.165) is 0 Å². The fourth-order valence-corrected chi connectivity index (χ4v) is 0.331. The second-order valence-electron chi connectivity index (χ2n) is 0.656. The van der Waals surface area contributed by atoms with E-state index in [-0.39, 0.29) is 17.1 Å². The van der Waals surface area contributed by atoms with Crippen molar-refractivity contribution in [1.82, 2.24) is 0 Å². The van der Waals surface area contributed by atoms with Gasteiger partial charge in [0.2, 0.25) is 0 Å². The largest absolute Gasteiger partial charge is 0.694 e. The van der Waals surface area contributed by atoms with Crippen LogP contribution in [0.1, 0.15) is 6.92 Å². The minimum atomic E-state index is -2.35. The molecule has 0 saturated heterocycles. The van der Waals surface area contributed by atoms with Crippen LogP contribution in [-0.2, 0) is 26.2 Å². The molecule has 3 nitrogen and oxygen atoms in total. The van der Waals surface area contributed by atoms with Gasteiger partial charge in [0.1, 0.15) is 6.61 Å². The SMILES string of the molecule is CCO[P+](=O)O.[Fe]. The van der Waals surface area contributed by atoms with Gasteiger partial charge in [-0.05, 0) is 6.92 Å². The van der Waals surface area contributed by atoms with E-state index in [0.29, 0.717) is 6.61 Å². The van der Waals surface area contributed by atoms with E-state index < -0.39 is 8.25 Å². The van der Waals surface area contributed by atoms with Crippen molar-refractivity contribution in [1.29, 1.82) is 0 Å². The molecule has 7 heavy (non-hydrogen) atoms. The number of hydrogen-bond acceptors (Lipinski definition) is 2. The Morgan fingerprint density at radius 1 is 1.86 bits per heavy atom. The van der Waals surface area contributed by atoms with E-state index in [1.54, 1.807) is 6.92 Å². The third-order valence-electron chi connectivity index (χ3n) is 0.240. The Morgan fingerprint density at radius 2 is 2.29 bits per heavy atom. The van der Waals surface area contributed by atoms with Crippen molar-refractivity contribution >= 4 is 8.25 Å². The summed E-state index contributed by atoms with van der Waals surface area (Å²) in [6.45, 7) is 1.95. The molecule has 0 aliphatic carbocycles. The van der Waals surface area contributed by atoms with Gasteiger partial charge in [-0.15, -0.1) is 9.42 Å². The fourth-order valence-electron chi connectivity index (χ4n) is 0.110. The Balaban J connectivity index is 0. The zero-order valence-electron chi connectivity index (χ0n) is 3.77. The minimum absolute atomic E-state index is 0. The molecule has 44 valence electrons. The molecule has 0 aromatic heterocycles. The Kier molecular flexibility index (Phi) is 9.82. The molecule has 0 spiro atoms. The molecule has 0 aliphatic rings. The molecule has 0 aromatic carbocycles. The predicted molar refractivity (Wildman–Crippen MR) is 21.5 cm³/mol. The van der Waals surface area contributed by atoms with Crippen LogP contribution in [0.2, 0.25) is 0 Å². The Labute approximate surface area is 53.5 Å². The molecular weight excluding hydrogens is 159 g/mol. The maximum absolute atomic E-state index is 9.53. The quantitative estimate of drug-likeness (QED) is 0.483. The van der Waals surface area contributed by atoms with Gasteiger partial charge < -0.3 is 0 Å². The molecular formula is C2H6FeO3P+. The summed E-state index contributed by atoms with van der Waals surface area (Å²) in [6, 6.07) is 0. The van der Waals surface area contributed by atoms with Gasteiger partial charge in [-0.25, -0.2) is 0 Å². The van der Waals surface area contributed by atoms with E-state index in [9.17, 15) is 4.57 Å². The average Bonchev–Trinajstić information content (AvgIpc) is 1.35. The van der Waals surface area contributed by atoms with Crippen LogP contribution in [-0.4, -0.2) is 11.5 Å². The van der Waals surface area contributed by atoms with Crippen molar-refractivity contribution < 1.29 is 31.1 Å². The second-order valence-corrected chi connectivity index (χ2v) is 1.39. The summed E-state index contributed by atoms with van der Waals surface area (Å²) in [5, 5.41) is 0. The molecule has 0 saturated carbocycles. The third kappa shape index (κ3) is 10.8.